The van der Waals surface area contributed by atoms with Crippen LogP contribution in [0.3, 0.4) is 0 Å². The van der Waals surface area contributed by atoms with Crippen LogP contribution in [0.2, 0.25) is 0 Å². The molecular weight excluding hydrogens is 392 g/mol. The number of carbonyl (C=O) groups excluding carboxylic acids is 1. The summed E-state index contributed by atoms with van der Waals surface area (Å²) in [6, 6.07) is 10.3. The Morgan fingerprint density at radius 2 is 1.93 bits per heavy atom. The molecule has 0 radical (unpaired) electrons. The third-order valence-corrected chi connectivity index (χ3v) is 7.21. The lowest BCUT2D eigenvalue weighted by atomic mass is 9.87. The Kier molecular flexibility index (Phi) is 6.27. The molecule has 1 fully saturated rings. The van der Waals surface area contributed by atoms with Crippen molar-refractivity contribution in [2.75, 3.05) is 6.54 Å². The Morgan fingerprint density at radius 1 is 1.21 bits per heavy atom. The normalized spacial score (nSPS) is 17.8. The molecule has 2 heterocycles. The fraction of sp³-hybridized carbons (Fsp3) is 0.476. The van der Waals surface area contributed by atoms with Gasteiger partial charge in [-0.05, 0) is 60.4 Å². The molecule has 3 rings (SSSR count). The first kappa shape index (κ1) is 21.0. The second-order valence-corrected chi connectivity index (χ2v) is 11.3. The molecule has 1 amide bonds. The van der Waals surface area contributed by atoms with Crippen molar-refractivity contribution in [1.82, 2.24) is 9.62 Å². The van der Waals surface area contributed by atoms with Crippen molar-refractivity contribution >= 4 is 27.3 Å². The number of hydrogen-bond acceptors (Lipinski definition) is 4. The summed E-state index contributed by atoms with van der Waals surface area (Å²) >= 11 is 1.51. The molecule has 2 aromatic rings. The number of nitrogens with one attached hydrogen (secondary N) is 1. The van der Waals surface area contributed by atoms with Gasteiger partial charge in [0.2, 0.25) is 10.0 Å². The predicted octanol–water partition coefficient (Wildman–Crippen LogP) is 4.27. The number of likely N-dealkylation sites (tertiary alicyclic amines) is 1. The maximum Gasteiger partial charge on any atom is 0.254 e. The number of rotatable bonds is 6. The molecule has 1 aliphatic heterocycles. The minimum Gasteiger partial charge on any atom is -0.336 e. The van der Waals surface area contributed by atoms with Crippen LogP contribution in [0.4, 0.5) is 0 Å². The Bertz CT molecular complexity index is 898. The first-order valence-electron chi connectivity index (χ1n) is 9.59. The third kappa shape index (κ3) is 5.21. The third-order valence-electron chi connectivity index (χ3n) is 4.91. The molecule has 7 heteroatoms. The van der Waals surface area contributed by atoms with Crippen molar-refractivity contribution in [2.24, 2.45) is 5.41 Å². The van der Waals surface area contributed by atoms with Gasteiger partial charge in [-0.2, -0.15) is 0 Å². The molecule has 1 N–H and O–H groups in total. The van der Waals surface area contributed by atoms with Gasteiger partial charge >= 0.3 is 0 Å². The van der Waals surface area contributed by atoms with Crippen molar-refractivity contribution in [3.63, 3.8) is 0 Å². The molecule has 28 heavy (non-hydrogen) atoms. The molecule has 1 aromatic carbocycles. The van der Waals surface area contributed by atoms with Crippen LogP contribution in [0.1, 0.15) is 55.3 Å². The molecule has 1 atom stereocenters. The second kappa shape index (κ2) is 8.35. The van der Waals surface area contributed by atoms with Crippen molar-refractivity contribution < 1.29 is 13.2 Å². The number of nitrogens with zero attached hydrogens (tertiary/aromatic N) is 1. The topological polar surface area (TPSA) is 66.5 Å². The summed E-state index contributed by atoms with van der Waals surface area (Å²) < 4.78 is 27.5. The molecule has 1 aliphatic rings. The van der Waals surface area contributed by atoms with E-state index in [2.05, 4.69) is 25.5 Å². The number of amides is 1. The van der Waals surface area contributed by atoms with Gasteiger partial charge < -0.3 is 4.90 Å². The minimum atomic E-state index is -3.60. The average molecular weight is 421 g/mol. The van der Waals surface area contributed by atoms with Crippen molar-refractivity contribution in [2.45, 2.75) is 57.5 Å². The van der Waals surface area contributed by atoms with E-state index in [4.69, 9.17) is 0 Å². The fourth-order valence-electron chi connectivity index (χ4n) is 3.63. The van der Waals surface area contributed by atoms with E-state index in [0.717, 1.165) is 30.7 Å². The highest BCUT2D eigenvalue weighted by atomic mass is 32.2. The van der Waals surface area contributed by atoms with E-state index in [9.17, 15) is 13.2 Å². The molecule has 152 valence electrons. The van der Waals surface area contributed by atoms with Gasteiger partial charge in [-0.3, -0.25) is 4.79 Å². The lowest BCUT2D eigenvalue weighted by Crippen LogP contribution is -2.37. The van der Waals surface area contributed by atoms with Gasteiger partial charge in [-0.25, -0.2) is 13.1 Å². The van der Waals surface area contributed by atoms with E-state index >= 15 is 0 Å². The van der Waals surface area contributed by atoms with Gasteiger partial charge in [0.1, 0.15) is 0 Å². The standard InChI is InChI=1S/C21H28N2O3S2/c1-21(2,3)14-17-6-4-12-23(17)20(24)16-8-10-19(11-9-16)28(25,26)22-15-18-7-5-13-27-18/h5,7-11,13,17,22H,4,6,12,14-15H2,1-3H3. The largest absolute Gasteiger partial charge is 0.336 e. The quantitative estimate of drug-likeness (QED) is 0.759. The van der Waals surface area contributed by atoms with E-state index < -0.39 is 10.0 Å². The van der Waals surface area contributed by atoms with Crippen LogP contribution in [0, 0.1) is 5.41 Å². The van der Waals surface area contributed by atoms with Gasteiger partial charge in [0.15, 0.2) is 0 Å². The van der Waals surface area contributed by atoms with Crippen molar-refractivity contribution in [3.05, 3.63) is 52.2 Å². The van der Waals surface area contributed by atoms with Crippen molar-refractivity contribution in [3.8, 4) is 0 Å². The van der Waals surface area contributed by atoms with Gasteiger partial charge in [0, 0.05) is 29.6 Å². The first-order chi connectivity index (χ1) is 13.2. The lowest BCUT2D eigenvalue weighted by Gasteiger charge is -2.30. The summed E-state index contributed by atoms with van der Waals surface area (Å²) in [5.41, 5.74) is 0.706. The average Bonchev–Trinajstić information content (AvgIpc) is 3.30. The predicted molar refractivity (Wildman–Crippen MR) is 113 cm³/mol. The number of sulfonamides is 1. The van der Waals surface area contributed by atoms with Crippen LogP contribution >= 0.6 is 11.3 Å². The van der Waals surface area contributed by atoms with E-state index in [1.807, 2.05) is 22.4 Å². The summed E-state index contributed by atoms with van der Waals surface area (Å²) in [4.78, 5) is 16.0. The van der Waals surface area contributed by atoms with Crippen LogP contribution in [0.15, 0.2) is 46.7 Å². The lowest BCUT2D eigenvalue weighted by molar-refractivity contribution is 0.0704. The van der Waals surface area contributed by atoms with Crippen LogP contribution in [0.25, 0.3) is 0 Å². The fourth-order valence-corrected chi connectivity index (χ4v) is 5.37. The van der Waals surface area contributed by atoms with Gasteiger partial charge in [-0.15, -0.1) is 11.3 Å². The highest BCUT2D eigenvalue weighted by Crippen LogP contribution is 2.31. The summed E-state index contributed by atoms with van der Waals surface area (Å²) in [6.45, 7) is 7.61. The molecule has 0 aliphatic carbocycles. The zero-order valence-corrected chi connectivity index (χ0v) is 18.3. The monoisotopic (exact) mass is 420 g/mol. The summed E-state index contributed by atoms with van der Waals surface area (Å²) in [7, 11) is -3.60. The molecule has 1 aromatic heterocycles. The van der Waals surface area contributed by atoms with E-state index in [-0.39, 0.29) is 28.8 Å². The smallest absolute Gasteiger partial charge is 0.254 e. The first-order valence-corrected chi connectivity index (χ1v) is 12.0. The number of hydrogen-bond donors (Lipinski definition) is 1. The Balaban J connectivity index is 1.68. The number of benzene rings is 1. The maximum atomic E-state index is 12.9. The molecule has 0 saturated carbocycles. The molecule has 0 bridgehead atoms. The van der Waals surface area contributed by atoms with Gasteiger partial charge in [0.05, 0.1) is 4.90 Å². The van der Waals surface area contributed by atoms with E-state index in [1.54, 1.807) is 12.1 Å². The Labute approximate surface area is 171 Å². The van der Waals surface area contributed by atoms with Gasteiger partial charge in [-0.1, -0.05) is 26.8 Å². The minimum absolute atomic E-state index is 0.0118. The maximum absolute atomic E-state index is 12.9. The van der Waals surface area contributed by atoms with Crippen LogP contribution in [-0.2, 0) is 16.6 Å². The van der Waals surface area contributed by atoms with Crippen LogP contribution in [0.5, 0.6) is 0 Å². The summed E-state index contributed by atoms with van der Waals surface area (Å²) in [6.07, 6.45) is 3.02. The molecular formula is C21H28N2O3S2. The van der Waals surface area contributed by atoms with E-state index in [0.29, 0.717) is 5.56 Å². The van der Waals surface area contributed by atoms with Crippen molar-refractivity contribution in [1.29, 1.82) is 0 Å². The highest BCUT2D eigenvalue weighted by Gasteiger charge is 2.32. The Hall–Kier alpha value is -1.70. The molecule has 0 spiro atoms. The van der Waals surface area contributed by atoms with Gasteiger partial charge in [0.25, 0.3) is 5.91 Å². The molecule has 5 nitrogen and oxygen atoms in total. The molecule has 1 unspecified atom stereocenters. The number of thiophene rings is 1. The highest BCUT2D eigenvalue weighted by molar-refractivity contribution is 7.89. The summed E-state index contributed by atoms with van der Waals surface area (Å²) in [5, 5.41) is 1.91. The summed E-state index contributed by atoms with van der Waals surface area (Å²) in [5.74, 6) is -0.0118. The van der Waals surface area contributed by atoms with E-state index in [1.165, 1.54) is 23.5 Å². The zero-order chi connectivity index (χ0) is 20.4. The molecule has 1 saturated heterocycles. The number of carbonyl (C=O) groups is 1. The van der Waals surface area contributed by atoms with Crippen LogP contribution < -0.4 is 4.72 Å². The second-order valence-electron chi connectivity index (χ2n) is 8.49. The Morgan fingerprint density at radius 3 is 2.54 bits per heavy atom. The van der Waals surface area contributed by atoms with Crippen LogP contribution in [-0.4, -0.2) is 31.8 Å². The SMILES string of the molecule is CC(C)(C)CC1CCCN1C(=O)c1ccc(S(=O)(=O)NCc2cccs2)cc1. The zero-order valence-electron chi connectivity index (χ0n) is 16.6.